The highest BCUT2D eigenvalue weighted by Gasteiger charge is 2.27. The van der Waals surface area contributed by atoms with Gasteiger partial charge >= 0.3 is 5.97 Å². The molecule has 1 amide bonds. The number of hydrogen-bond donors (Lipinski definition) is 2. The SMILES string of the molecule is COc1ccc(CC(C)(C)C(=O)O)cc1NC(C)=O. The van der Waals surface area contributed by atoms with Crippen LogP contribution in [0, 0.1) is 5.41 Å². The summed E-state index contributed by atoms with van der Waals surface area (Å²) in [7, 11) is 1.52. The number of methoxy groups -OCH3 is 1. The molecule has 0 saturated heterocycles. The molecule has 0 aliphatic heterocycles. The van der Waals surface area contributed by atoms with Crippen molar-refractivity contribution >= 4 is 17.6 Å². The number of amides is 1. The molecule has 1 aromatic carbocycles. The average molecular weight is 265 g/mol. The Bertz CT molecular complexity index is 494. The fourth-order valence-electron chi connectivity index (χ4n) is 1.74. The first-order chi connectivity index (χ1) is 8.76. The second-order valence-corrected chi connectivity index (χ2v) is 5.08. The van der Waals surface area contributed by atoms with Crippen LogP contribution < -0.4 is 10.1 Å². The van der Waals surface area contributed by atoms with Gasteiger partial charge < -0.3 is 15.2 Å². The van der Waals surface area contributed by atoms with Crippen LogP contribution in [0.2, 0.25) is 0 Å². The molecule has 104 valence electrons. The fraction of sp³-hybridized carbons (Fsp3) is 0.429. The monoisotopic (exact) mass is 265 g/mol. The van der Waals surface area contributed by atoms with Crippen LogP contribution >= 0.6 is 0 Å². The van der Waals surface area contributed by atoms with Crippen LogP contribution in [-0.2, 0) is 16.0 Å². The number of rotatable bonds is 5. The van der Waals surface area contributed by atoms with Crippen LogP contribution in [0.4, 0.5) is 5.69 Å². The molecule has 0 unspecified atom stereocenters. The summed E-state index contributed by atoms with van der Waals surface area (Å²) < 4.78 is 5.15. The summed E-state index contributed by atoms with van der Waals surface area (Å²) in [6, 6.07) is 5.26. The van der Waals surface area contributed by atoms with Crippen LogP contribution in [0.5, 0.6) is 5.75 Å². The quantitative estimate of drug-likeness (QED) is 0.856. The molecule has 0 bridgehead atoms. The van der Waals surface area contributed by atoms with Crippen molar-refractivity contribution < 1.29 is 19.4 Å². The van der Waals surface area contributed by atoms with E-state index in [0.717, 1.165) is 5.56 Å². The Kier molecular flexibility index (Phi) is 4.53. The molecule has 0 saturated carbocycles. The van der Waals surface area contributed by atoms with Gasteiger partial charge in [-0.3, -0.25) is 9.59 Å². The molecule has 0 fully saturated rings. The van der Waals surface area contributed by atoms with Gasteiger partial charge in [0, 0.05) is 6.92 Å². The molecular weight excluding hydrogens is 246 g/mol. The molecule has 1 rings (SSSR count). The van der Waals surface area contributed by atoms with Crippen molar-refractivity contribution in [3.8, 4) is 5.75 Å². The summed E-state index contributed by atoms with van der Waals surface area (Å²) in [5.74, 6) is -0.510. The van der Waals surface area contributed by atoms with Gasteiger partial charge in [-0.25, -0.2) is 0 Å². The van der Waals surface area contributed by atoms with E-state index in [9.17, 15) is 9.59 Å². The number of carbonyl (C=O) groups is 2. The predicted molar refractivity (Wildman–Crippen MR) is 72.4 cm³/mol. The lowest BCUT2D eigenvalue weighted by molar-refractivity contribution is -0.146. The van der Waals surface area contributed by atoms with Gasteiger partial charge in [0.25, 0.3) is 0 Å². The minimum atomic E-state index is -0.859. The van der Waals surface area contributed by atoms with Crippen LogP contribution in [0.3, 0.4) is 0 Å². The van der Waals surface area contributed by atoms with Gasteiger partial charge in [0.2, 0.25) is 5.91 Å². The summed E-state index contributed by atoms with van der Waals surface area (Å²) in [4.78, 5) is 22.2. The van der Waals surface area contributed by atoms with E-state index in [4.69, 9.17) is 9.84 Å². The van der Waals surface area contributed by atoms with Crippen molar-refractivity contribution in [2.45, 2.75) is 27.2 Å². The van der Waals surface area contributed by atoms with E-state index in [1.807, 2.05) is 0 Å². The molecule has 0 aromatic heterocycles. The topological polar surface area (TPSA) is 75.6 Å². The zero-order valence-electron chi connectivity index (χ0n) is 11.6. The maximum atomic E-state index is 11.1. The van der Waals surface area contributed by atoms with Crippen molar-refractivity contribution in [2.24, 2.45) is 5.41 Å². The van der Waals surface area contributed by atoms with Gasteiger partial charge in [-0.15, -0.1) is 0 Å². The minimum Gasteiger partial charge on any atom is -0.495 e. The Morgan fingerprint density at radius 2 is 2.00 bits per heavy atom. The van der Waals surface area contributed by atoms with Gasteiger partial charge in [-0.1, -0.05) is 6.07 Å². The van der Waals surface area contributed by atoms with E-state index in [1.54, 1.807) is 32.0 Å². The van der Waals surface area contributed by atoms with Crippen molar-refractivity contribution in [3.63, 3.8) is 0 Å². The van der Waals surface area contributed by atoms with E-state index in [1.165, 1.54) is 14.0 Å². The Balaban J connectivity index is 3.04. The number of carboxylic acids is 1. The standard InChI is InChI=1S/C14H19NO4/c1-9(16)15-11-7-10(5-6-12(11)19-4)8-14(2,3)13(17)18/h5-7H,8H2,1-4H3,(H,15,16)(H,17,18). The van der Waals surface area contributed by atoms with Gasteiger partial charge in [0.15, 0.2) is 0 Å². The zero-order chi connectivity index (χ0) is 14.6. The first kappa shape index (κ1) is 15.0. The predicted octanol–water partition coefficient (Wildman–Crippen LogP) is 2.31. The van der Waals surface area contributed by atoms with Crippen LogP contribution in [0.25, 0.3) is 0 Å². The van der Waals surface area contributed by atoms with Crippen LogP contribution in [-0.4, -0.2) is 24.1 Å². The molecule has 0 atom stereocenters. The average Bonchev–Trinajstić information content (AvgIpc) is 2.27. The van der Waals surface area contributed by atoms with Gasteiger partial charge in [-0.2, -0.15) is 0 Å². The molecule has 0 aliphatic carbocycles. The highest BCUT2D eigenvalue weighted by molar-refractivity contribution is 5.90. The molecule has 0 radical (unpaired) electrons. The van der Waals surface area contributed by atoms with Gasteiger partial charge in [-0.05, 0) is 38.0 Å². The van der Waals surface area contributed by atoms with Gasteiger partial charge in [0.05, 0.1) is 18.2 Å². The third-order valence-electron chi connectivity index (χ3n) is 2.80. The zero-order valence-corrected chi connectivity index (χ0v) is 11.6. The molecule has 5 nitrogen and oxygen atoms in total. The fourth-order valence-corrected chi connectivity index (χ4v) is 1.74. The summed E-state index contributed by atoms with van der Waals surface area (Å²) in [6.07, 6.45) is 0.374. The third kappa shape index (κ3) is 3.98. The number of anilines is 1. The second-order valence-electron chi connectivity index (χ2n) is 5.08. The molecule has 0 spiro atoms. The maximum absolute atomic E-state index is 11.1. The van der Waals surface area contributed by atoms with Crippen molar-refractivity contribution in [3.05, 3.63) is 23.8 Å². The number of benzene rings is 1. The summed E-state index contributed by atoms with van der Waals surface area (Å²) in [6.45, 7) is 4.74. The molecule has 2 N–H and O–H groups in total. The van der Waals surface area contributed by atoms with Crippen molar-refractivity contribution in [1.82, 2.24) is 0 Å². The lowest BCUT2D eigenvalue weighted by Gasteiger charge is -2.20. The lowest BCUT2D eigenvalue weighted by atomic mass is 9.86. The number of nitrogens with one attached hydrogen (secondary N) is 1. The van der Waals surface area contributed by atoms with Gasteiger partial charge in [0.1, 0.15) is 5.75 Å². The first-order valence-corrected chi connectivity index (χ1v) is 5.94. The highest BCUT2D eigenvalue weighted by Crippen LogP contribution is 2.29. The van der Waals surface area contributed by atoms with E-state index in [2.05, 4.69) is 5.32 Å². The Morgan fingerprint density at radius 1 is 1.37 bits per heavy atom. The smallest absolute Gasteiger partial charge is 0.309 e. The second kappa shape index (κ2) is 5.73. The van der Waals surface area contributed by atoms with E-state index < -0.39 is 11.4 Å². The minimum absolute atomic E-state index is 0.201. The lowest BCUT2D eigenvalue weighted by Crippen LogP contribution is -2.26. The molecule has 19 heavy (non-hydrogen) atoms. The Hall–Kier alpha value is -2.04. The summed E-state index contributed by atoms with van der Waals surface area (Å²) >= 11 is 0. The Morgan fingerprint density at radius 3 is 2.47 bits per heavy atom. The third-order valence-corrected chi connectivity index (χ3v) is 2.80. The highest BCUT2D eigenvalue weighted by atomic mass is 16.5. The molecule has 0 aliphatic rings. The van der Waals surface area contributed by atoms with Crippen molar-refractivity contribution in [1.29, 1.82) is 0 Å². The molecule has 0 heterocycles. The van der Waals surface area contributed by atoms with E-state index in [0.29, 0.717) is 17.9 Å². The van der Waals surface area contributed by atoms with E-state index in [-0.39, 0.29) is 5.91 Å². The maximum Gasteiger partial charge on any atom is 0.309 e. The summed E-state index contributed by atoms with van der Waals surface area (Å²) in [5, 5.41) is 11.8. The number of hydrogen-bond acceptors (Lipinski definition) is 3. The largest absolute Gasteiger partial charge is 0.495 e. The number of aliphatic carboxylic acids is 1. The Labute approximate surface area is 112 Å². The van der Waals surface area contributed by atoms with Crippen LogP contribution in [0.15, 0.2) is 18.2 Å². The first-order valence-electron chi connectivity index (χ1n) is 5.94. The molecule has 1 aromatic rings. The normalized spacial score (nSPS) is 10.9. The number of carbonyl (C=O) groups excluding carboxylic acids is 1. The number of ether oxygens (including phenoxy) is 1. The summed E-state index contributed by atoms with van der Waals surface area (Å²) in [5.41, 5.74) is 0.521. The number of carboxylic acid groups (broad SMARTS) is 1. The van der Waals surface area contributed by atoms with E-state index >= 15 is 0 Å². The van der Waals surface area contributed by atoms with Crippen LogP contribution in [0.1, 0.15) is 26.3 Å². The van der Waals surface area contributed by atoms with Crippen molar-refractivity contribution in [2.75, 3.05) is 12.4 Å². The molecular formula is C14H19NO4. The molecule has 5 heteroatoms.